The van der Waals surface area contributed by atoms with Crippen molar-refractivity contribution in [2.45, 2.75) is 38.8 Å². The van der Waals surface area contributed by atoms with Crippen molar-refractivity contribution in [1.29, 1.82) is 5.26 Å². The molecule has 1 amide bonds. The van der Waals surface area contributed by atoms with Crippen molar-refractivity contribution in [3.8, 4) is 11.8 Å². The first-order chi connectivity index (χ1) is 11.6. The summed E-state index contributed by atoms with van der Waals surface area (Å²) in [4.78, 5) is 14.5. The minimum absolute atomic E-state index is 0.0732. The predicted octanol–water partition coefficient (Wildman–Crippen LogP) is 2.99. The Morgan fingerprint density at radius 2 is 2.21 bits per heavy atom. The normalized spacial score (nSPS) is 18.2. The standard InChI is InChI=1S/C18H19N3O3/c1-12-10-17(24-20-12)16-4-3-9-21(16)18(22)13(2)23-15-7-5-14(11-19)6-8-15/h5-8,10,13,16H,3-4,9H2,1-2H3/t13-,16-/m1/s1. The summed E-state index contributed by atoms with van der Waals surface area (Å²) in [6.07, 6.45) is 1.19. The molecule has 6 heteroatoms. The van der Waals surface area contributed by atoms with Gasteiger partial charge in [0.25, 0.3) is 5.91 Å². The quantitative estimate of drug-likeness (QED) is 0.863. The van der Waals surface area contributed by atoms with Gasteiger partial charge >= 0.3 is 0 Å². The smallest absolute Gasteiger partial charge is 0.263 e. The zero-order valence-electron chi connectivity index (χ0n) is 13.7. The third-order valence-corrected chi connectivity index (χ3v) is 4.15. The van der Waals surface area contributed by atoms with Crippen LogP contribution in [0.2, 0.25) is 0 Å². The minimum atomic E-state index is -0.609. The van der Waals surface area contributed by atoms with E-state index < -0.39 is 6.10 Å². The number of benzene rings is 1. The molecule has 0 radical (unpaired) electrons. The predicted molar refractivity (Wildman–Crippen MR) is 86.2 cm³/mol. The van der Waals surface area contributed by atoms with Gasteiger partial charge < -0.3 is 14.2 Å². The number of rotatable bonds is 4. The number of hydrogen-bond acceptors (Lipinski definition) is 5. The fourth-order valence-corrected chi connectivity index (χ4v) is 2.96. The van der Waals surface area contributed by atoms with Crippen molar-refractivity contribution in [2.24, 2.45) is 0 Å². The number of hydrogen-bond donors (Lipinski definition) is 0. The molecule has 0 saturated carbocycles. The third-order valence-electron chi connectivity index (χ3n) is 4.15. The van der Waals surface area contributed by atoms with Gasteiger partial charge in [0.2, 0.25) is 0 Å². The highest BCUT2D eigenvalue weighted by atomic mass is 16.5. The Balaban J connectivity index is 1.69. The van der Waals surface area contributed by atoms with Crippen molar-refractivity contribution in [2.75, 3.05) is 6.54 Å². The summed E-state index contributed by atoms with van der Waals surface area (Å²) in [6, 6.07) is 10.6. The van der Waals surface area contributed by atoms with Crippen LogP contribution in [0.15, 0.2) is 34.9 Å². The molecular weight excluding hydrogens is 306 g/mol. The van der Waals surface area contributed by atoms with E-state index in [0.29, 0.717) is 17.9 Å². The molecule has 1 fully saturated rings. The highest BCUT2D eigenvalue weighted by Crippen LogP contribution is 2.33. The number of carbonyl (C=O) groups is 1. The van der Waals surface area contributed by atoms with Gasteiger partial charge in [0.05, 0.1) is 23.4 Å². The first kappa shape index (κ1) is 16.1. The number of nitrogens with zero attached hydrogens (tertiary/aromatic N) is 3. The van der Waals surface area contributed by atoms with Crippen LogP contribution >= 0.6 is 0 Å². The highest BCUT2D eigenvalue weighted by molar-refractivity contribution is 5.81. The fraction of sp³-hybridized carbons (Fsp3) is 0.389. The maximum absolute atomic E-state index is 12.7. The fourth-order valence-electron chi connectivity index (χ4n) is 2.96. The van der Waals surface area contributed by atoms with Crippen LogP contribution in [-0.2, 0) is 4.79 Å². The van der Waals surface area contributed by atoms with E-state index in [2.05, 4.69) is 11.2 Å². The van der Waals surface area contributed by atoms with E-state index in [1.807, 2.05) is 13.0 Å². The molecule has 6 nitrogen and oxygen atoms in total. The molecule has 2 heterocycles. The van der Waals surface area contributed by atoms with Crippen molar-refractivity contribution in [3.63, 3.8) is 0 Å². The Kier molecular flexibility index (Phi) is 4.52. The van der Waals surface area contributed by atoms with E-state index in [0.717, 1.165) is 24.3 Å². The van der Waals surface area contributed by atoms with Crippen molar-refractivity contribution >= 4 is 5.91 Å². The van der Waals surface area contributed by atoms with Crippen LogP contribution in [0.3, 0.4) is 0 Å². The maximum Gasteiger partial charge on any atom is 0.263 e. The van der Waals surface area contributed by atoms with Crippen LogP contribution in [0.5, 0.6) is 5.75 Å². The molecule has 0 N–H and O–H groups in total. The zero-order chi connectivity index (χ0) is 17.1. The topological polar surface area (TPSA) is 79.4 Å². The summed E-state index contributed by atoms with van der Waals surface area (Å²) in [7, 11) is 0. The van der Waals surface area contributed by atoms with Crippen LogP contribution < -0.4 is 4.74 Å². The summed E-state index contributed by atoms with van der Waals surface area (Å²) < 4.78 is 11.1. The Labute approximate surface area is 140 Å². The number of aromatic nitrogens is 1. The number of nitriles is 1. The van der Waals surface area contributed by atoms with Gasteiger partial charge in [-0.05, 0) is 51.0 Å². The molecule has 0 aliphatic carbocycles. The second-order valence-corrected chi connectivity index (χ2v) is 5.96. The lowest BCUT2D eigenvalue weighted by Gasteiger charge is -2.26. The zero-order valence-corrected chi connectivity index (χ0v) is 13.7. The monoisotopic (exact) mass is 325 g/mol. The van der Waals surface area contributed by atoms with Crippen molar-refractivity contribution in [3.05, 3.63) is 47.3 Å². The Morgan fingerprint density at radius 3 is 2.83 bits per heavy atom. The summed E-state index contributed by atoms with van der Waals surface area (Å²) in [6.45, 7) is 4.29. The van der Waals surface area contributed by atoms with Gasteiger partial charge in [-0.3, -0.25) is 4.79 Å². The molecule has 2 atom stereocenters. The molecule has 1 aliphatic heterocycles. The SMILES string of the molecule is Cc1cc([C@H]2CCCN2C(=O)[C@@H](C)Oc2ccc(C#N)cc2)on1. The van der Waals surface area contributed by atoms with E-state index in [4.69, 9.17) is 14.5 Å². The van der Waals surface area contributed by atoms with E-state index in [-0.39, 0.29) is 11.9 Å². The van der Waals surface area contributed by atoms with Crippen LogP contribution in [-0.4, -0.2) is 28.6 Å². The average Bonchev–Trinajstić information content (AvgIpc) is 3.23. The molecular formula is C18H19N3O3. The Bertz CT molecular complexity index is 761. The number of aryl methyl sites for hydroxylation is 1. The van der Waals surface area contributed by atoms with Crippen molar-refractivity contribution < 1.29 is 14.1 Å². The van der Waals surface area contributed by atoms with Crippen LogP contribution in [0.4, 0.5) is 0 Å². The third kappa shape index (κ3) is 3.25. The van der Waals surface area contributed by atoms with Crippen LogP contribution in [0, 0.1) is 18.3 Å². The lowest BCUT2D eigenvalue weighted by molar-refractivity contribution is -0.139. The number of carbonyl (C=O) groups excluding carboxylic acids is 1. The molecule has 0 unspecified atom stereocenters. The molecule has 3 rings (SSSR count). The summed E-state index contributed by atoms with van der Waals surface area (Å²) in [5.74, 6) is 1.22. The number of amides is 1. The molecule has 124 valence electrons. The van der Waals surface area contributed by atoms with Crippen LogP contribution in [0.25, 0.3) is 0 Å². The lowest BCUT2D eigenvalue weighted by atomic mass is 10.1. The van der Waals surface area contributed by atoms with Gasteiger partial charge in [0.1, 0.15) is 5.75 Å². The number of likely N-dealkylation sites (tertiary alicyclic amines) is 1. The van der Waals surface area contributed by atoms with Gasteiger partial charge in [-0.25, -0.2) is 0 Å². The second kappa shape index (κ2) is 6.75. The van der Waals surface area contributed by atoms with E-state index in [9.17, 15) is 4.79 Å². The first-order valence-corrected chi connectivity index (χ1v) is 7.99. The minimum Gasteiger partial charge on any atom is -0.481 e. The highest BCUT2D eigenvalue weighted by Gasteiger charge is 2.35. The maximum atomic E-state index is 12.7. The van der Waals surface area contributed by atoms with E-state index >= 15 is 0 Å². The van der Waals surface area contributed by atoms with Gasteiger partial charge in [0, 0.05) is 12.6 Å². The Morgan fingerprint density at radius 1 is 1.46 bits per heavy atom. The second-order valence-electron chi connectivity index (χ2n) is 5.96. The van der Waals surface area contributed by atoms with Gasteiger partial charge in [0.15, 0.2) is 11.9 Å². The largest absolute Gasteiger partial charge is 0.481 e. The summed E-state index contributed by atoms with van der Waals surface area (Å²) in [5, 5.41) is 12.7. The van der Waals surface area contributed by atoms with Gasteiger partial charge in [-0.1, -0.05) is 5.16 Å². The molecule has 0 bridgehead atoms. The lowest BCUT2D eigenvalue weighted by Crippen LogP contribution is -2.40. The molecule has 1 aliphatic rings. The van der Waals surface area contributed by atoms with E-state index in [1.54, 1.807) is 36.1 Å². The van der Waals surface area contributed by atoms with Crippen molar-refractivity contribution in [1.82, 2.24) is 10.1 Å². The molecule has 24 heavy (non-hydrogen) atoms. The Hall–Kier alpha value is -2.81. The summed E-state index contributed by atoms with van der Waals surface area (Å²) >= 11 is 0. The molecule has 1 saturated heterocycles. The molecule has 1 aromatic carbocycles. The molecule has 2 aromatic rings. The summed E-state index contributed by atoms with van der Waals surface area (Å²) in [5.41, 5.74) is 1.37. The number of ether oxygens (including phenoxy) is 1. The molecule has 0 spiro atoms. The first-order valence-electron chi connectivity index (χ1n) is 7.99. The van der Waals surface area contributed by atoms with E-state index in [1.165, 1.54) is 0 Å². The van der Waals surface area contributed by atoms with Gasteiger partial charge in [-0.2, -0.15) is 5.26 Å². The average molecular weight is 325 g/mol. The van der Waals surface area contributed by atoms with Gasteiger partial charge in [-0.15, -0.1) is 0 Å². The molecule has 1 aromatic heterocycles. The van der Waals surface area contributed by atoms with Crippen LogP contribution in [0.1, 0.15) is 42.8 Å².